The highest BCUT2D eigenvalue weighted by atomic mass is 16.5. The number of methoxy groups -OCH3 is 1. The van der Waals surface area contributed by atoms with Crippen LogP contribution in [0.25, 0.3) is 10.9 Å². The van der Waals surface area contributed by atoms with Crippen molar-refractivity contribution in [2.75, 3.05) is 20.3 Å². The van der Waals surface area contributed by atoms with Crippen LogP contribution in [-0.2, 0) is 6.54 Å². The molecule has 22 heavy (non-hydrogen) atoms. The van der Waals surface area contributed by atoms with Crippen molar-refractivity contribution in [3.63, 3.8) is 0 Å². The molecule has 1 aliphatic rings. The fourth-order valence-corrected chi connectivity index (χ4v) is 3.41. The van der Waals surface area contributed by atoms with E-state index < -0.39 is 0 Å². The summed E-state index contributed by atoms with van der Waals surface area (Å²) in [4.78, 5) is 7.14. The van der Waals surface area contributed by atoms with Gasteiger partial charge in [-0.25, -0.2) is 4.98 Å². The number of likely N-dealkylation sites (tertiary alicyclic amines) is 1. The molecule has 1 N–H and O–H groups in total. The number of pyridine rings is 1. The summed E-state index contributed by atoms with van der Waals surface area (Å²) >= 11 is 0. The minimum absolute atomic E-state index is 0.283. The molecule has 0 spiro atoms. The molecule has 1 aromatic carbocycles. The average molecular weight is 300 g/mol. The normalized spacial score (nSPS) is 18.9. The number of aromatic nitrogens is 1. The highest BCUT2D eigenvalue weighted by molar-refractivity contribution is 5.80. The Balaban J connectivity index is 1.82. The van der Waals surface area contributed by atoms with Crippen molar-refractivity contribution in [2.24, 2.45) is 0 Å². The molecule has 1 saturated heterocycles. The van der Waals surface area contributed by atoms with Crippen molar-refractivity contribution in [1.29, 1.82) is 0 Å². The first-order valence-corrected chi connectivity index (χ1v) is 8.09. The Kier molecular flexibility index (Phi) is 4.90. The van der Waals surface area contributed by atoms with Gasteiger partial charge < -0.3 is 9.84 Å². The molecule has 1 atom stereocenters. The summed E-state index contributed by atoms with van der Waals surface area (Å²) in [5.74, 6) is 0.728. The summed E-state index contributed by atoms with van der Waals surface area (Å²) in [6, 6.07) is 10.9. The van der Waals surface area contributed by atoms with Crippen LogP contribution in [0.2, 0.25) is 0 Å². The second kappa shape index (κ2) is 7.07. The predicted molar refractivity (Wildman–Crippen MR) is 88.0 cm³/mol. The molecule has 1 fully saturated rings. The van der Waals surface area contributed by atoms with Gasteiger partial charge in [-0.15, -0.1) is 0 Å². The maximum absolute atomic E-state index is 9.05. The molecule has 1 aliphatic heterocycles. The Bertz CT molecular complexity index is 630. The molecule has 118 valence electrons. The largest absolute Gasteiger partial charge is 0.481 e. The van der Waals surface area contributed by atoms with E-state index in [2.05, 4.69) is 22.0 Å². The van der Waals surface area contributed by atoms with Crippen LogP contribution in [0.15, 0.2) is 30.3 Å². The van der Waals surface area contributed by atoms with Crippen LogP contribution in [0.1, 0.15) is 31.2 Å². The summed E-state index contributed by atoms with van der Waals surface area (Å²) in [5.41, 5.74) is 2.12. The Labute approximate surface area is 131 Å². The molecule has 0 aliphatic carbocycles. The first-order chi connectivity index (χ1) is 10.8. The Hall–Kier alpha value is -1.65. The van der Waals surface area contributed by atoms with Gasteiger partial charge >= 0.3 is 0 Å². The Morgan fingerprint density at radius 2 is 2.23 bits per heavy atom. The number of hydrogen-bond acceptors (Lipinski definition) is 4. The van der Waals surface area contributed by atoms with Crippen molar-refractivity contribution in [3.05, 3.63) is 35.9 Å². The maximum Gasteiger partial charge on any atom is 0.218 e. The molecule has 3 rings (SSSR count). The van der Waals surface area contributed by atoms with Crippen LogP contribution in [0.4, 0.5) is 0 Å². The van der Waals surface area contributed by atoms with Gasteiger partial charge in [-0.1, -0.05) is 18.2 Å². The summed E-state index contributed by atoms with van der Waals surface area (Å²) in [7, 11) is 1.69. The highest BCUT2D eigenvalue weighted by Gasteiger charge is 2.25. The summed E-state index contributed by atoms with van der Waals surface area (Å²) in [5, 5.41) is 10.2. The predicted octanol–water partition coefficient (Wildman–Crippen LogP) is 2.98. The van der Waals surface area contributed by atoms with Crippen molar-refractivity contribution in [3.8, 4) is 5.88 Å². The van der Waals surface area contributed by atoms with E-state index in [4.69, 9.17) is 9.84 Å². The van der Waals surface area contributed by atoms with Crippen LogP contribution in [0, 0.1) is 0 Å². The maximum atomic E-state index is 9.05. The van der Waals surface area contributed by atoms with E-state index in [-0.39, 0.29) is 6.61 Å². The smallest absolute Gasteiger partial charge is 0.218 e. The number of hydrogen-bond donors (Lipinski definition) is 1. The van der Waals surface area contributed by atoms with Crippen LogP contribution in [0.3, 0.4) is 0 Å². The number of aliphatic hydroxyl groups excluding tert-OH is 1. The first-order valence-electron chi connectivity index (χ1n) is 8.09. The second-order valence-electron chi connectivity index (χ2n) is 5.98. The van der Waals surface area contributed by atoms with Crippen molar-refractivity contribution < 1.29 is 9.84 Å². The van der Waals surface area contributed by atoms with Gasteiger partial charge in [0.15, 0.2) is 0 Å². The van der Waals surface area contributed by atoms with Gasteiger partial charge in [0.2, 0.25) is 5.88 Å². The fraction of sp³-hybridized carbons (Fsp3) is 0.500. The minimum Gasteiger partial charge on any atom is -0.481 e. The third-order valence-electron chi connectivity index (χ3n) is 4.52. The molecule has 0 saturated carbocycles. The molecule has 4 nitrogen and oxygen atoms in total. The van der Waals surface area contributed by atoms with E-state index in [1.807, 2.05) is 18.2 Å². The number of para-hydroxylation sites is 1. The zero-order chi connectivity index (χ0) is 15.4. The molecule has 0 amide bonds. The van der Waals surface area contributed by atoms with Gasteiger partial charge in [-0.05, 0) is 44.4 Å². The van der Waals surface area contributed by atoms with Crippen LogP contribution >= 0.6 is 0 Å². The van der Waals surface area contributed by atoms with E-state index in [0.717, 1.165) is 48.3 Å². The first kappa shape index (κ1) is 15.3. The molecule has 4 heteroatoms. The number of aliphatic hydroxyl groups is 1. The van der Waals surface area contributed by atoms with E-state index in [0.29, 0.717) is 6.04 Å². The quantitative estimate of drug-likeness (QED) is 0.891. The van der Waals surface area contributed by atoms with Gasteiger partial charge in [-0.3, -0.25) is 4.90 Å². The molecular formula is C18H24N2O2. The standard InChI is InChI=1S/C18H24N2O2/c1-22-18-15(12-14-6-2-3-9-17(14)19-18)13-20-10-4-7-16(20)8-5-11-21/h2-3,6,9,12,16,21H,4-5,7-8,10-11,13H2,1H3. The van der Waals surface area contributed by atoms with Gasteiger partial charge in [0.05, 0.1) is 12.6 Å². The van der Waals surface area contributed by atoms with Gasteiger partial charge in [0.1, 0.15) is 0 Å². The van der Waals surface area contributed by atoms with Gasteiger partial charge in [0, 0.05) is 30.1 Å². The fourth-order valence-electron chi connectivity index (χ4n) is 3.41. The van der Waals surface area contributed by atoms with E-state index in [1.165, 1.54) is 12.8 Å². The zero-order valence-electron chi connectivity index (χ0n) is 13.2. The van der Waals surface area contributed by atoms with E-state index >= 15 is 0 Å². The molecule has 1 aromatic heterocycles. The minimum atomic E-state index is 0.283. The van der Waals surface area contributed by atoms with Gasteiger partial charge in [0.25, 0.3) is 0 Å². The number of benzene rings is 1. The number of ether oxygens (including phenoxy) is 1. The average Bonchev–Trinajstić information content (AvgIpc) is 2.99. The SMILES string of the molecule is COc1nc2ccccc2cc1CN1CCCC1CCCO. The molecule has 1 unspecified atom stereocenters. The van der Waals surface area contributed by atoms with Gasteiger partial charge in [-0.2, -0.15) is 0 Å². The van der Waals surface area contributed by atoms with Crippen molar-refractivity contribution >= 4 is 10.9 Å². The highest BCUT2D eigenvalue weighted by Crippen LogP contribution is 2.28. The molecule has 2 heterocycles. The van der Waals surface area contributed by atoms with E-state index in [1.54, 1.807) is 7.11 Å². The lowest BCUT2D eigenvalue weighted by molar-refractivity contribution is 0.208. The lowest BCUT2D eigenvalue weighted by Crippen LogP contribution is -2.29. The molecule has 0 bridgehead atoms. The summed E-state index contributed by atoms with van der Waals surface area (Å²) in [6.45, 7) is 2.27. The van der Waals surface area contributed by atoms with Crippen molar-refractivity contribution in [1.82, 2.24) is 9.88 Å². The number of rotatable bonds is 6. The zero-order valence-corrected chi connectivity index (χ0v) is 13.2. The summed E-state index contributed by atoms with van der Waals surface area (Å²) in [6.07, 6.45) is 4.41. The number of nitrogens with zero attached hydrogens (tertiary/aromatic N) is 2. The van der Waals surface area contributed by atoms with Crippen molar-refractivity contribution in [2.45, 2.75) is 38.3 Å². The van der Waals surface area contributed by atoms with E-state index in [9.17, 15) is 0 Å². The van der Waals surface area contributed by atoms with Crippen LogP contribution in [-0.4, -0.2) is 41.3 Å². The topological polar surface area (TPSA) is 45.6 Å². The third-order valence-corrected chi connectivity index (χ3v) is 4.52. The molecule has 2 aromatic rings. The van der Waals surface area contributed by atoms with Crippen LogP contribution in [0.5, 0.6) is 5.88 Å². The third kappa shape index (κ3) is 3.23. The monoisotopic (exact) mass is 300 g/mol. The lowest BCUT2D eigenvalue weighted by atomic mass is 10.1. The molecule has 0 radical (unpaired) electrons. The summed E-state index contributed by atoms with van der Waals surface area (Å²) < 4.78 is 5.50. The lowest BCUT2D eigenvalue weighted by Gasteiger charge is -2.25. The Morgan fingerprint density at radius 1 is 1.36 bits per heavy atom. The Morgan fingerprint density at radius 3 is 3.05 bits per heavy atom. The second-order valence-corrected chi connectivity index (χ2v) is 5.98. The number of fused-ring (bicyclic) bond motifs is 1. The van der Waals surface area contributed by atoms with Crippen LogP contribution < -0.4 is 4.74 Å². The molecular weight excluding hydrogens is 276 g/mol.